The van der Waals surface area contributed by atoms with Crippen molar-refractivity contribution in [3.63, 3.8) is 0 Å². The van der Waals surface area contributed by atoms with Crippen LogP contribution in [0.3, 0.4) is 0 Å². The van der Waals surface area contributed by atoms with E-state index in [-0.39, 0.29) is 11.8 Å². The fourth-order valence-corrected chi connectivity index (χ4v) is 3.00. The summed E-state index contributed by atoms with van der Waals surface area (Å²) >= 11 is 0. The van der Waals surface area contributed by atoms with E-state index in [1.54, 1.807) is 6.20 Å². The number of hydrogen-bond acceptors (Lipinski definition) is 2. The molecule has 26 heavy (non-hydrogen) atoms. The number of rotatable bonds is 15. The van der Waals surface area contributed by atoms with Gasteiger partial charge in [-0.15, -0.1) is 0 Å². The molecule has 0 fully saturated rings. The molecule has 0 aliphatic carbocycles. The second kappa shape index (κ2) is 15.4. The van der Waals surface area contributed by atoms with Gasteiger partial charge < -0.3 is 5.73 Å². The number of nitrogens with two attached hydrogens (primary N) is 1. The van der Waals surface area contributed by atoms with Crippen LogP contribution in [-0.4, -0.2) is 10.9 Å². The van der Waals surface area contributed by atoms with E-state index in [4.69, 9.17) is 5.73 Å². The van der Waals surface area contributed by atoms with Crippen LogP contribution in [0.4, 0.5) is 0 Å². The number of pyridine rings is 1. The lowest BCUT2D eigenvalue weighted by atomic mass is 9.96. The van der Waals surface area contributed by atoms with Crippen molar-refractivity contribution in [2.75, 3.05) is 0 Å². The van der Waals surface area contributed by atoms with Crippen molar-refractivity contribution in [1.82, 2.24) is 4.98 Å². The number of hydrogen-bond donors (Lipinski definition) is 1. The Bertz CT molecular complexity index is 522. The van der Waals surface area contributed by atoms with Gasteiger partial charge in [-0.2, -0.15) is 0 Å². The van der Waals surface area contributed by atoms with Crippen molar-refractivity contribution in [3.05, 3.63) is 54.4 Å². The maximum absolute atomic E-state index is 11.6. The molecule has 2 N–H and O–H groups in total. The van der Waals surface area contributed by atoms with Gasteiger partial charge in [-0.3, -0.25) is 9.78 Å². The van der Waals surface area contributed by atoms with Crippen molar-refractivity contribution in [2.24, 2.45) is 5.73 Å². The van der Waals surface area contributed by atoms with Gasteiger partial charge in [-0.25, -0.2) is 0 Å². The molecule has 0 aromatic carbocycles. The Labute approximate surface area is 159 Å². The Kier molecular flexibility index (Phi) is 13.1. The standard InChI is InChI=1S/C23H36N2O/c1-2-3-4-5-6-7-8-9-10-11-12-13-14-15-18-21(23(24)26)22-19-16-17-20-25-22/h6-7,9-10,16-17,19-21H,2-5,8,11-15,18H2,1H3,(H2,24,26)/b7-6-,10-9-. The van der Waals surface area contributed by atoms with E-state index < -0.39 is 0 Å². The zero-order valence-corrected chi connectivity index (χ0v) is 16.4. The average Bonchev–Trinajstić information content (AvgIpc) is 2.65. The largest absolute Gasteiger partial charge is 0.369 e. The molecule has 1 aromatic heterocycles. The fraction of sp³-hybridized carbons (Fsp3) is 0.565. The Balaban J connectivity index is 2.04. The SMILES string of the molecule is CCCCC/C=C\C/C=C\CCCCCCC(C(N)=O)c1ccccn1. The monoisotopic (exact) mass is 356 g/mol. The van der Waals surface area contributed by atoms with Crippen LogP contribution in [-0.2, 0) is 4.79 Å². The maximum Gasteiger partial charge on any atom is 0.226 e. The molecule has 1 aromatic rings. The highest BCUT2D eigenvalue weighted by Crippen LogP contribution is 2.20. The number of aromatic nitrogens is 1. The minimum Gasteiger partial charge on any atom is -0.369 e. The van der Waals surface area contributed by atoms with Crippen LogP contribution in [0.15, 0.2) is 48.7 Å². The van der Waals surface area contributed by atoms with E-state index in [0.717, 1.165) is 37.8 Å². The molecule has 0 aliphatic rings. The predicted octanol–water partition coefficient (Wildman–Crippen LogP) is 6.07. The molecule has 1 unspecified atom stereocenters. The number of carbonyl (C=O) groups excluding carboxylic acids is 1. The van der Waals surface area contributed by atoms with Crippen molar-refractivity contribution < 1.29 is 4.79 Å². The molecule has 1 rings (SSSR count). The number of amides is 1. The minimum atomic E-state index is -0.269. The number of carbonyl (C=O) groups is 1. The summed E-state index contributed by atoms with van der Waals surface area (Å²) in [7, 11) is 0. The summed E-state index contributed by atoms with van der Waals surface area (Å²) in [6.07, 6.45) is 23.6. The molecular formula is C23H36N2O. The summed E-state index contributed by atoms with van der Waals surface area (Å²) < 4.78 is 0. The van der Waals surface area contributed by atoms with Crippen LogP contribution in [0.25, 0.3) is 0 Å². The highest BCUT2D eigenvalue weighted by Gasteiger charge is 2.18. The smallest absolute Gasteiger partial charge is 0.226 e. The second-order valence-corrected chi connectivity index (χ2v) is 6.88. The number of allylic oxidation sites excluding steroid dienone is 4. The summed E-state index contributed by atoms with van der Waals surface area (Å²) in [6, 6.07) is 5.65. The first-order chi connectivity index (χ1) is 12.8. The zero-order valence-electron chi connectivity index (χ0n) is 16.4. The Hall–Kier alpha value is -1.90. The quantitative estimate of drug-likeness (QED) is 0.306. The fourth-order valence-electron chi connectivity index (χ4n) is 3.00. The van der Waals surface area contributed by atoms with Gasteiger partial charge in [-0.05, 0) is 50.7 Å². The lowest BCUT2D eigenvalue weighted by Gasteiger charge is -2.12. The number of primary amides is 1. The van der Waals surface area contributed by atoms with E-state index in [1.807, 2.05) is 18.2 Å². The molecule has 0 radical (unpaired) electrons. The summed E-state index contributed by atoms with van der Waals surface area (Å²) in [5.41, 5.74) is 6.33. The third kappa shape index (κ3) is 10.9. The molecule has 1 amide bonds. The normalized spacial score (nSPS) is 12.8. The van der Waals surface area contributed by atoms with Crippen LogP contribution in [0.5, 0.6) is 0 Å². The van der Waals surface area contributed by atoms with Crippen LogP contribution in [0, 0.1) is 0 Å². The van der Waals surface area contributed by atoms with Gasteiger partial charge in [0.15, 0.2) is 0 Å². The first-order valence-electron chi connectivity index (χ1n) is 10.3. The summed E-state index contributed by atoms with van der Waals surface area (Å²) in [4.78, 5) is 15.9. The van der Waals surface area contributed by atoms with Crippen molar-refractivity contribution in [1.29, 1.82) is 0 Å². The first kappa shape index (κ1) is 22.1. The van der Waals surface area contributed by atoms with Gasteiger partial charge in [0.25, 0.3) is 0 Å². The molecule has 3 nitrogen and oxygen atoms in total. The molecule has 0 saturated heterocycles. The predicted molar refractivity (Wildman–Crippen MR) is 111 cm³/mol. The van der Waals surface area contributed by atoms with Crippen LogP contribution < -0.4 is 5.73 Å². The van der Waals surface area contributed by atoms with Gasteiger partial charge in [0.05, 0.1) is 11.6 Å². The van der Waals surface area contributed by atoms with Crippen molar-refractivity contribution >= 4 is 5.91 Å². The minimum absolute atomic E-state index is 0.250. The maximum atomic E-state index is 11.6. The summed E-state index contributed by atoms with van der Waals surface area (Å²) in [6.45, 7) is 2.24. The van der Waals surface area contributed by atoms with E-state index in [0.29, 0.717) is 0 Å². The van der Waals surface area contributed by atoms with Gasteiger partial charge >= 0.3 is 0 Å². The third-order valence-corrected chi connectivity index (χ3v) is 4.58. The van der Waals surface area contributed by atoms with Crippen LogP contribution >= 0.6 is 0 Å². The van der Waals surface area contributed by atoms with Crippen LogP contribution in [0.2, 0.25) is 0 Å². The molecule has 3 heteroatoms. The van der Waals surface area contributed by atoms with Gasteiger partial charge in [0, 0.05) is 6.20 Å². The molecule has 0 spiro atoms. The van der Waals surface area contributed by atoms with Crippen LogP contribution in [0.1, 0.15) is 89.2 Å². The summed E-state index contributed by atoms with van der Waals surface area (Å²) in [5.74, 6) is -0.519. The average molecular weight is 357 g/mol. The summed E-state index contributed by atoms with van der Waals surface area (Å²) in [5, 5.41) is 0. The third-order valence-electron chi connectivity index (χ3n) is 4.58. The zero-order chi connectivity index (χ0) is 18.9. The molecule has 0 aliphatic heterocycles. The van der Waals surface area contributed by atoms with Gasteiger partial charge in [0.2, 0.25) is 5.91 Å². The molecule has 0 saturated carbocycles. The Morgan fingerprint density at radius 2 is 1.69 bits per heavy atom. The van der Waals surface area contributed by atoms with Gasteiger partial charge in [-0.1, -0.05) is 69.4 Å². The lowest BCUT2D eigenvalue weighted by molar-refractivity contribution is -0.119. The highest BCUT2D eigenvalue weighted by molar-refractivity contribution is 5.81. The Morgan fingerprint density at radius 1 is 1.00 bits per heavy atom. The van der Waals surface area contributed by atoms with Crippen molar-refractivity contribution in [3.8, 4) is 0 Å². The number of unbranched alkanes of at least 4 members (excludes halogenated alkanes) is 7. The number of nitrogens with zero attached hydrogens (tertiary/aromatic N) is 1. The molecule has 144 valence electrons. The van der Waals surface area contributed by atoms with E-state index in [1.165, 1.54) is 38.5 Å². The molecule has 1 heterocycles. The van der Waals surface area contributed by atoms with E-state index in [2.05, 4.69) is 36.2 Å². The van der Waals surface area contributed by atoms with E-state index >= 15 is 0 Å². The second-order valence-electron chi connectivity index (χ2n) is 6.88. The van der Waals surface area contributed by atoms with Gasteiger partial charge in [0.1, 0.15) is 0 Å². The molecule has 0 bridgehead atoms. The van der Waals surface area contributed by atoms with Crippen molar-refractivity contribution in [2.45, 2.75) is 83.5 Å². The molecular weight excluding hydrogens is 320 g/mol. The first-order valence-corrected chi connectivity index (χ1v) is 10.3. The Morgan fingerprint density at radius 3 is 2.31 bits per heavy atom. The topological polar surface area (TPSA) is 56.0 Å². The highest BCUT2D eigenvalue weighted by atomic mass is 16.1. The molecule has 1 atom stereocenters. The van der Waals surface area contributed by atoms with E-state index in [9.17, 15) is 4.79 Å². The lowest BCUT2D eigenvalue weighted by Crippen LogP contribution is -2.22.